The van der Waals surface area contributed by atoms with Gasteiger partial charge in [0.1, 0.15) is 11.1 Å². The number of urea groups is 1. The topological polar surface area (TPSA) is 123 Å². The number of carbonyl (C=O) groups excluding carboxylic acids is 2. The lowest BCUT2D eigenvalue weighted by Gasteiger charge is -2.43. The summed E-state index contributed by atoms with van der Waals surface area (Å²) >= 11 is 0. The highest BCUT2D eigenvalue weighted by Gasteiger charge is 2.39. The second kappa shape index (κ2) is 9.11. The number of aromatic nitrogens is 3. The number of fused-ring (bicyclic) bond motifs is 3. The molecule has 2 aliphatic rings. The van der Waals surface area contributed by atoms with Crippen LogP contribution in [0.25, 0.3) is 22.3 Å². The van der Waals surface area contributed by atoms with Crippen LogP contribution in [0.15, 0.2) is 36.7 Å². The maximum atomic E-state index is 13.5. The van der Waals surface area contributed by atoms with Gasteiger partial charge in [-0.2, -0.15) is 0 Å². The van der Waals surface area contributed by atoms with E-state index in [9.17, 15) is 19.8 Å². The van der Waals surface area contributed by atoms with Crippen LogP contribution in [0.3, 0.4) is 0 Å². The largest absolute Gasteiger partial charge is 0.390 e. The van der Waals surface area contributed by atoms with E-state index >= 15 is 0 Å². The van der Waals surface area contributed by atoms with Gasteiger partial charge in [0.2, 0.25) is 0 Å². The number of piperidine rings is 1. The van der Waals surface area contributed by atoms with Crippen LogP contribution in [0, 0.1) is 0 Å². The monoisotopic (exact) mass is 490 g/mol. The number of nitrogens with zero attached hydrogens (tertiary/aromatic N) is 6. The lowest BCUT2D eigenvalue weighted by molar-refractivity contribution is -0.148. The molecule has 188 valence electrons. The van der Waals surface area contributed by atoms with Crippen LogP contribution in [0.1, 0.15) is 37.9 Å². The first-order chi connectivity index (χ1) is 17.2. The van der Waals surface area contributed by atoms with Gasteiger partial charge in [-0.05, 0) is 51.0 Å². The number of hydrogen-bond acceptors (Lipinski definition) is 7. The number of rotatable bonds is 4. The Hall–Kier alpha value is -3.63. The number of aliphatic hydroxyl groups is 2. The van der Waals surface area contributed by atoms with E-state index in [2.05, 4.69) is 9.97 Å². The average molecular weight is 491 g/mol. The molecule has 0 unspecified atom stereocenters. The van der Waals surface area contributed by atoms with Crippen molar-refractivity contribution in [3.05, 3.63) is 47.9 Å². The third kappa shape index (κ3) is 4.27. The quantitative estimate of drug-likeness (QED) is 0.575. The minimum absolute atomic E-state index is 0.108. The third-order valence-electron chi connectivity index (χ3n) is 6.87. The summed E-state index contributed by atoms with van der Waals surface area (Å²) in [5.74, 6) is -0.301. The fraction of sp³-hybridized carbons (Fsp3) is 0.423. The van der Waals surface area contributed by atoms with Gasteiger partial charge in [-0.3, -0.25) is 19.7 Å². The molecule has 0 spiro atoms. The van der Waals surface area contributed by atoms with Crippen LogP contribution < -0.4 is 4.90 Å². The van der Waals surface area contributed by atoms with Crippen molar-refractivity contribution >= 4 is 28.7 Å². The lowest BCUT2D eigenvalue weighted by atomic mass is 9.98. The van der Waals surface area contributed by atoms with Gasteiger partial charge in [-0.15, -0.1) is 0 Å². The van der Waals surface area contributed by atoms with Gasteiger partial charge >= 0.3 is 6.03 Å². The molecule has 0 radical (unpaired) electrons. The van der Waals surface area contributed by atoms with Crippen LogP contribution in [0.5, 0.6) is 0 Å². The molecule has 3 aromatic rings. The Morgan fingerprint density at radius 2 is 1.86 bits per heavy atom. The second-order valence-corrected chi connectivity index (χ2v) is 9.98. The van der Waals surface area contributed by atoms with Crippen molar-refractivity contribution in [1.29, 1.82) is 0 Å². The molecule has 0 bridgehead atoms. The Morgan fingerprint density at radius 1 is 1.11 bits per heavy atom. The van der Waals surface area contributed by atoms with Gasteiger partial charge in [0.15, 0.2) is 0 Å². The normalized spacial score (nSPS) is 17.0. The van der Waals surface area contributed by atoms with E-state index in [1.165, 1.54) is 13.8 Å². The Balaban J connectivity index is 1.53. The summed E-state index contributed by atoms with van der Waals surface area (Å²) in [5, 5.41) is 19.4. The zero-order valence-electron chi connectivity index (χ0n) is 20.7. The van der Waals surface area contributed by atoms with E-state index in [1.54, 1.807) is 35.3 Å². The maximum Gasteiger partial charge on any atom is 0.324 e. The molecule has 36 heavy (non-hydrogen) atoms. The summed E-state index contributed by atoms with van der Waals surface area (Å²) in [6.45, 7) is 4.21. The number of carbonyl (C=O) groups is 2. The van der Waals surface area contributed by atoms with E-state index in [4.69, 9.17) is 4.98 Å². The highest BCUT2D eigenvalue weighted by molar-refractivity contribution is 6.04. The molecule has 0 aromatic carbocycles. The summed E-state index contributed by atoms with van der Waals surface area (Å²) in [4.78, 5) is 45.0. The van der Waals surface area contributed by atoms with Gasteiger partial charge < -0.3 is 20.0 Å². The molecule has 5 heterocycles. The second-order valence-electron chi connectivity index (χ2n) is 9.98. The Morgan fingerprint density at radius 3 is 2.50 bits per heavy atom. The highest BCUT2D eigenvalue weighted by Crippen LogP contribution is 2.38. The van der Waals surface area contributed by atoms with Gasteiger partial charge in [0, 0.05) is 49.7 Å². The molecular formula is C26H30N6O4. The molecule has 3 amide bonds. The summed E-state index contributed by atoms with van der Waals surface area (Å²) in [7, 11) is 1.77. The molecule has 10 heteroatoms. The first kappa shape index (κ1) is 24.1. The molecule has 1 saturated heterocycles. The number of likely N-dealkylation sites (tertiary alicyclic amines) is 1. The van der Waals surface area contributed by atoms with Crippen molar-refractivity contribution in [2.24, 2.45) is 0 Å². The van der Waals surface area contributed by atoms with Crippen LogP contribution >= 0.6 is 0 Å². The summed E-state index contributed by atoms with van der Waals surface area (Å²) in [6.07, 6.45) is 4.67. The number of anilines is 1. The fourth-order valence-electron chi connectivity index (χ4n) is 4.96. The number of amides is 3. The molecule has 0 saturated carbocycles. The van der Waals surface area contributed by atoms with Gasteiger partial charge in [0.25, 0.3) is 5.91 Å². The number of hydrogen-bond donors (Lipinski definition) is 2. The van der Waals surface area contributed by atoms with Crippen LogP contribution in [0.4, 0.5) is 10.5 Å². The molecule has 10 nitrogen and oxygen atoms in total. The van der Waals surface area contributed by atoms with Crippen molar-refractivity contribution in [3.63, 3.8) is 0 Å². The lowest BCUT2D eigenvalue weighted by Crippen LogP contribution is -2.56. The molecule has 0 aliphatic carbocycles. The number of aliphatic hydroxyl groups excluding tert-OH is 1. The van der Waals surface area contributed by atoms with Crippen molar-refractivity contribution in [2.45, 2.75) is 51.5 Å². The smallest absolute Gasteiger partial charge is 0.324 e. The first-order valence-electron chi connectivity index (χ1n) is 12.1. The van der Waals surface area contributed by atoms with Crippen LogP contribution in [0.2, 0.25) is 0 Å². The zero-order valence-corrected chi connectivity index (χ0v) is 20.7. The summed E-state index contributed by atoms with van der Waals surface area (Å²) in [6, 6.07) is 7.16. The highest BCUT2D eigenvalue weighted by atomic mass is 16.3. The maximum absolute atomic E-state index is 13.5. The van der Waals surface area contributed by atoms with Crippen molar-refractivity contribution in [1.82, 2.24) is 24.8 Å². The van der Waals surface area contributed by atoms with Crippen molar-refractivity contribution in [2.75, 3.05) is 25.0 Å². The molecule has 0 atom stereocenters. The van der Waals surface area contributed by atoms with E-state index in [1.807, 2.05) is 23.1 Å². The van der Waals surface area contributed by atoms with E-state index < -0.39 is 5.60 Å². The van der Waals surface area contributed by atoms with Gasteiger partial charge in [-0.25, -0.2) is 9.78 Å². The molecule has 2 N–H and O–H groups in total. The Bertz CT molecular complexity index is 1310. The van der Waals surface area contributed by atoms with Gasteiger partial charge in [-0.1, -0.05) is 0 Å². The molecule has 5 rings (SSSR count). The molecule has 2 aliphatic heterocycles. The zero-order chi connectivity index (χ0) is 25.6. The van der Waals surface area contributed by atoms with Crippen LogP contribution in [-0.2, 0) is 17.9 Å². The standard InChI is InChI=1S/C26H30N6O4/c1-26(2,36)24(34)31-10-8-19(9-11-31)32-23-17(14-30(3)25(32)35)13-28-21-7-6-20(29-22(21)23)16-4-5-18(15-33)27-12-16/h4-7,12-13,19,33,36H,8-11,14-15H2,1-3H3. The van der Waals surface area contributed by atoms with Crippen molar-refractivity contribution in [3.8, 4) is 11.3 Å². The Kier molecular flexibility index (Phi) is 6.09. The third-order valence-corrected chi connectivity index (χ3v) is 6.87. The Labute approximate surface area is 209 Å². The summed E-state index contributed by atoms with van der Waals surface area (Å²) < 4.78 is 0. The molecule has 1 fully saturated rings. The predicted octanol–water partition coefficient (Wildman–Crippen LogP) is 2.32. The van der Waals surface area contributed by atoms with E-state index in [-0.39, 0.29) is 24.6 Å². The van der Waals surface area contributed by atoms with Crippen LogP contribution in [-0.4, -0.2) is 78.7 Å². The number of pyridine rings is 3. The first-order valence-corrected chi connectivity index (χ1v) is 12.1. The van der Waals surface area contributed by atoms with Gasteiger partial charge in [0.05, 0.1) is 35.7 Å². The average Bonchev–Trinajstić information content (AvgIpc) is 2.88. The minimum atomic E-state index is -1.42. The molecule has 3 aromatic heterocycles. The summed E-state index contributed by atoms with van der Waals surface area (Å²) in [5.41, 5.74) is 3.67. The fourth-order valence-corrected chi connectivity index (χ4v) is 4.96. The van der Waals surface area contributed by atoms with E-state index in [0.717, 1.165) is 16.8 Å². The predicted molar refractivity (Wildman–Crippen MR) is 134 cm³/mol. The molecular weight excluding hydrogens is 460 g/mol. The van der Waals surface area contributed by atoms with Crippen molar-refractivity contribution < 1.29 is 19.8 Å². The minimum Gasteiger partial charge on any atom is -0.390 e. The van der Waals surface area contributed by atoms with E-state index in [0.29, 0.717) is 54.9 Å². The SMILES string of the molecule is CN1Cc2cnc3ccc(-c4ccc(CO)nc4)nc3c2N(C2CCN(C(=O)C(C)(C)O)CC2)C1=O.